The van der Waals surface area contributed by atoms with Crippen molar-refractivity contribution in [3.63, 3.8) is 0 Å². The Labute approximate surface area is 274 Å². The molecule has 260 valence electrons. The van der Waals surface area contributed by atoms with Crippen LogP contribution in [0.25, 0.3) is 0 Å². The molecular weight excluding hydrogens is 616 g/mol. The van der Waals surface area contributed by atoms with Crippen molar-refractivity contribution in [2.75, 3.05) is 26.2 Å². The lowest BCUT2D eigenvalue weighted by Crippen LogP contribution is -2.44. The number of likely N-dealkylation sites (tertiary alicyclic amines) is 2. The molecule has 2 amide bonds. The monoisotopic (exact) mass is 662 g/mol. The molecule has 15 heteroatoms. The quantitative estimate of drug-likeness (QED) is 0.286. The minimum atomic E-state index is -0.556. The number of aromatic hydroxyl groups is 1. The number of phenolic OH excluding ortho intramolecular Hbond substituents is 1. The van der Waals surface area contributed by atoms with Crippen molar-refractivity contribution in [3.8, 4) is 11.5 Å². The van der Waals surface area contributed by atoms with Gasteiger partial charge in [-0.3, -0.25) is 20.2 Å². The number of piperidine rings is 2. The zero-order valence-corrected chi connectivity index (χ0v) is 27.8. The SMILES string of the molecule is CC(C)(C)OC(=O)N1CCC(O)CC1.CC(C)(C)OC(=O)N1CCC(Oc2cccc([N+](=O)[O-])c2)CC1.O=[N+]([O-])c1cccc(O)c1. The molecule has 0 spiro atoms. The topological polar surface area (TPSA) is 195 Å². The molecule has 2 aliphatic heterocycles. The number of ether oxygens (including phenoxy) is 3. The third-order valence-corrected chi connectivity index (χ3v) is 6.58. The first-order chi connectivity index (χ1) is 21.8. The van der Waals surface area contributed by atoms with Crippen molar-refractivity contribution < 1.29 is 43.9 Å². The number of nitro groups is 2. The molecule has 4 rings (SSSR count). The lowest BCUT2D eigenvalue weighted by Gasteiger charge is -2.33. The van der Waals surface area contributed by atoms with E-state index in [-0.39, 0.29) is 41.5 Å². The Hall–Kier alpha value is -4.66. The smallest absolute Gasteiger partial charge is 0.410 e. The highest BCUT2D eigenvalue weighted by molar-refractivity contribution is 5.68. The lowest BCUT2D eigenvalue weighted by molar-refractivity contribution is -0.385. The zero-order valence-electron chi connectivity index (χ0n) is 27.8. The number of carbonyl (C=O) groups is 2. The summed E-state index contributed by atoms with van der Waals surface area (Å²) in [7, 11) is 0. The van der Waals surface area contributed by atoms with Gasteiger partial charge in [0.2, 0.25) is 0 Å². The maximum Gasteiger partial charge on any atom is 0.410 e. The van der Waals surface area contributed by atoms with Crippen LogP contribution in [0.15, 0.2) is 48.5 Å². The molecule has 0 radical (unpaired) electrons. The van der Waals surface area contributed by atoms with E-state index in [0.717, 1.165) is 6.07 Å². The summed E-state index contributed by atoms with van der Waals surface area (Å²) >= 11 is 0. The van der Waals surface area contributed by atoms with E-state index in [9.17, 15) is 34.9 Å². The Bertz CT molecular complexity index is 1340. The van der Waals surface area contributed by atoms with Gasteiger partial charge in [0.25, 0.3) is 11.4 Å². The lowest BCUT2D eigenvalue weighted by atomic mass is 10.1. The van der Waals surface area contributed by atoms with Crippen molar-refractivity contribution in [1.29, 1.82) is 0 Å². The molecule has 0 saturated carbocycles. The summed E-state index contributed by atoms with van der Waals surface area (Å²) in [5.41, 5.74) is -1.03. The van der Waals surface area contributed by atoms with Gasteiger partial charge < -0.3 is 34.2 Å². The average molecular weight is 663 g/mol. The molecule has 2 heterocycles. The number of hydrogen-bond donors (Lipinski definition) is 2. The number of benzene rings is 2. The summed E-state index contributed by atoms with van der Waals surface area (Å²) < 4.78 is 16.4. The second kappa shape index (κ2) is 17.3. The Morgan fingerprint density at radius 3 is 1.57 bits per heavy atom. The van der Waals surface area contributed by atoms with Crippen LogP contribution in [0.2, 0.25) is 0 Å². The first kappa shape index (κ1) is 38.5. The van der Waals surface area contributed by atoms with Gasteiger partial charge in [-0.05, 0) is 66.5 Å². The predicted molar refractivity (Wildman–Crippen MR) is 172 cm³/mol. The molecule has 0 aliphatic carbocycles. The molecule has 47 heavy (non-hydrogen) atoms. The Kier molecular flexibility index (Phi) is 14.2. The first-order valence-electron chi connectivity index (χ1n) is 15.3. The molecule has 0 aromatic heterocycles. The minimum absolute atomic E-state index is 0.00805. The van der Waals surface area contributed by atoms with E-state index in [2.05, 4.69) is 0 Å². The third-order valence-electron chi connectivity index (χ3n) is 6.58. The van der Waals surface area contributed by atoms with E-state index in [0.29, 0.717) is 57.6 Å². The number of amides is 2. The van der Waals surface area contributed by atoms with Gasteiger partial charge in [-0.15, -0.1) is 0 Å². The number of nitrogens with zero attached hydrogens (tertiary/aromatic N) is 4. The van der Waals surface area contributed by atoms with Gasteiger partial charge in [0.1, 0.15) is 28.8 Å². The number of non-ortho nitro benzene ring substituents is 2. The largest absolute Gasteiger partial charge is 0.508 e. The minimum Gasteiger partial charge on any atom is -0.508 e. The van der Waals surface area contributed by atoms with Crippen molar-refractivity contribution in [3.05, 3.63) is 68.8 Å². The second-order valence-corrected chi connectivity index (χ2v) is 13.0. The van der Waals surface area contributed by atoms with Crippen LogP contribution < -0.4 is 4.74 Å². The molecule has 0 bridgehead atoms. The molecule has 0 unspecified atom stereocenters. The normalized spacial score (nSPS) is 15.6. The van der Waals surface area contributed by atoms with Crippen LogP contribution in [-0.2, 0) is 9.47 Å². The highest BCUT2D eigenvalue weighted by Gasteiger charge is 2.28. The molecule has 2 aliphatic rings. The van der Waals surface area contributed by atoms with Gasteiger partial charge in [0, 0.05) is 51.2 Å². The van der Waals surface area contributed by atoms with Crippen LogP contribution in [0, 0.1) is 20.2 Å². The maximum absolute atomic E-state index is 12.0. The first-order valence-corrected chi connectivity index (χ1v) is 15.3. The maximum atomic E-state index is 12.0. The number of nitro benzene ring substituents is 2. The van der Waals surface area contributed by atoms with Crippen LogP contribution in [0.5, 0.6) is 11.5 Å². The van der Waals surface area contributed by atoms with Crippen LogP contribution >= 0.6 is 0 Å². The van der Waals surface area contributed by atoms with E-state index in [1.165, 1.54) is 30.3 Å². The van der Waals surface area contributed by atoms with E-state index in [1.54, 1.807) is 21.9 Å². The van der Waals surface area contributed by atoms with Crippen molar-refractivity contribution >= 4 is 23.6 Å². The number of aliphatic hydroxyl groups excluding tert-OH is 1. The molecule has 2 saturated heterocycles. The van der Waals surface area contributed by atoms with Crippen LogP contribution in [-0.4, -0.2) is 91.6 Å². The number of rotatable bonds is 4. The van der Waals surface area contributed by atoms with Crippen LogP contribution in [0.3, 0.4) is 0 Å². The molecule has 2 fully saturated rings. The molecule has 2 aromatic rings. The van der Waals surface area contributed by atoms with Gasteiger partial charge in [-0.25, -0.2) is 9.59 Å². The molecular formula is C32H46N4O11. The van der Waals surface area contributed by atoms with Crippen molar-refractivity contribution in [2.45, 2.75) is 90.6 Å². The predicted octanol–water partition coefficient (Wildman–Crippen LogP) is 6.05. The van der Waals surface area contributed by atoms with Gasteiger partial charge in [0.05, 0.1) is 28.1 Å². The van der Waals surface area contributed by atoms with E-state index < -0.39 is 21.0 Å². The summed E-state index contributed by atoms with van der Waals surface area (Å²) in [6, 6.07) is 11.4. The fraction of sp³-hybridized carbons (Fsp3) is 0.562. The summed E-state index contributed by atoms with van der Waals surface area (Å²) in [5, 5.41) is 38.8. The zero-order chi connectivity index (χ0) is 35.4. The third kappa shape index (κ3) is 15.0. The number of phenols is 1. The highest BCUT2D eigenvalue weighted by atomic mass is 16.6. The van der Waals surface area contributed by atoms with Crippen LogP contribution in [0.4, 0.5) is 21.0 Å². The molecule has 2 aromatic carbocycles. The Morgan fingerprint density at radius 1 is 0.745 bits per heavy atom. The Morgan fingerprint density at radius 2 is 1.17 bits per heavy atom. The second-order valence-electron chi connectivity index (χ2n) is 13.0. The van der Waals surface area contributed by atoms with Gasteiger partial charge in [0.15, 0.2) is 0 Å². The van der Waals surface area contributed by atoms with Crippen molar-refractivity contribution in [1.82, 2.24) is 9.80 Å². The van der Waals surface area contributed by atoms with E-state index in [4.69, 9.17) is 19.3 Å². The van der Waals surface area contributed by atoms with Gasteiger partial charge >= 0.3 is 12.2 Å². The fourth-order valence-electron chi connectivity index (χ4n) is 4.33. The molecule has 15 nitrogen and oxygen atoms in total. The average Bonchev–Trinajstić information content (AvgIpc) is 2.97. The molecule has 2 N–H and O–H groups in total. The number of carbonyl (C=O) groups excluding carboxylic acids is 2. The summed E-state index contributed by atoms with van der Waals surface area (Å²) in [4.78, 5) is 46.7. The summed E-state index contributed by atoms with van der Waals surface area (Å²) in [6.45, 7) is 13.3. The van der Waals surface area contributed by atoms with Gasteiger partial charge in [-0.1, -0.05) is 12.1 Å². The summed E-state index contributed by atoms with van der Waals surface area (Å²) in [6.07, 6.45) is 1.74. The van der Waals surface area contributed by atoms with Gasteiger partial charge in [-0.2, -0.15) is 0 Å². The van der Waals surface area contributed by atoms with E-state index >= 15 is 0 Å². The number of hydrogen-bond acceptors (Lipinski definition) is 11. The van der Waals surface area contributed by atoms with Crippen LogP contribution in [0.1, 0.15) is 67.2 Å². The standard InChI is InChI=1S/C16H22N2O5.C10H19NO3.C6H5NO3/c1-16(2,3)23-15(19)17-9-7-13(8-10-17)22-14-6-4-5-12(11-14)18(20)21;1-10(2,3)14-9(13)11-6-4-8(12)5-7-11;8-6-3-1-2-5(4-6)7(9)10/h4-6,11,13H,7-10H2,1-3H3;8,12H,4-7H2,1-3H3;1-4,8H. The summed E-state index contributed by atoms with van der Waals surface area (Å²) in [5.74, 6) is 0.393. The number of aliphatic hydroxyl groups is 1. The fourth-order valence-corrected chi connectivity index (χ4v) is 4.33. The van der Waals surface area contributed by atoms with Crippen molar-refractivity contribution in [2.24, 2.45) is 0 Å². The molecule has 0 atom stereocenters. The Balaban J connectivity index is 0.000000271. The highest BCUT2D eigenvalue weighted by Crippen LogP contribution is 2.24. The van der Waals surface area contributed by atoms with E-state index in [1.807, 2.05) is 41.5 Å².